The van der Waals surface area contributed by atoms with Crippen LogP contribution >= 0.6 is 22.9 Å². The number of fused-ring (bicyclic) bond motifs is 1. The molecule has 0 spiro atoms. The van der Waals surface area contributed by atoms with Crippen LogP contribution in [0.1, 0.15) is 31.2 Å². The van der Waals surface area contributed by atoms with Crippen molar-refractivity contribution in [2.45, 2.75) is 13.8 Å². The third kappa shape index (κ3) is 4.21. The predicted molar refractivity (Wildman–Crippen MR) is 123 cm³/mol. The van der Waals surface area contributed by atoms with E-state index in [1.54, 1.807) is 59.9 Å². The summed E-state index contributed by atoms with van der Waals surface area (Å²) in [5.74, 6) is 0.0393. The Morgan fingerprint density at radius 3 is 2.03 bits per heavy atom. The van der Waals surface area contributed by atoms with E-state index in [1.165, 1.54) is 0 Å². The van der Waals surface area contributed by atoms with Crippen molar-refractivity contribution in [3.63, 3.8) is 0 Å². The highest BCUT2D eigenvalue weighted by atomic mass is 35.5. The maximum absolute atomic E-state index is 12.4. The van der Waals surface area contributed by atoms with E-state index in [4.69, 9.17) is 17.3 Å². The summed E-state index contributed by atoms with van der Waals surface area (Å²) >= 11 is 7.38. The second-order valence-corrected chi connectivity index (χ2v) is 8.53. The number of thiophene rings is 1. The zero-order valence-electron chi connectivity index (χ0n) is 16.7. The van der Waals surface area contributed by atoms with Gasteiger partial charge in [0.25, 0.3) is 11.8 Å². The molecular formula is C22H18ClN5O2S. The number of carbonyl (C=O) groups is 2. The monoisotopic (exact) mass is 451 g/mol. The average molecular weight is 452 g/mol. The van der Waals surface area contributed by atoms with Gasteiger partial charge in [0.05, 0.1) is 5.39 Å². The Morgan fingerprint density at radius 2 is 1.45 bits per heavy atom. The number of carbonyl (C=O) groups excluding carboxylic acids is 2. The molecule has 4 N–H and O–H groups in total. The van der Waals surface area contributed by atoms with Crippen molar-refractivity contribution < 1.29 is 9.59 Å². The number of nitrogen functional groups attached to an aromatic ring is 1. The molecule has 0 saturated heterocycles. The number of aromatic nitrogens is 2. The van der Waals surface area contributed by atoms with E-state index < -0.39 is 11.8 Å². The van der Waals surface area contributed by atoms with Crippen molar-refractivity contribution in [1.29, 1.82) is 0 Å². The van der Waals surface area contributed by atoms with Crippen LogP contribution < -0.4 is 16.6 Å². The quantitative estimate of drug-likeness (QED) is 0.402. The van der Waals surface area contributed by atoms with Crippen LogP contribution in [0.5, 0.6) is 0 Å². The zero-order chi connectivity index (χ0) is 22.1. The van der Waals surface area contributed by atoms with Gasteiger partial charge in [-0.3, -0.25) is 20.4 Å². The second-order valence-electron chi connectivity index (χ2n) is 6.89. The molecule has 4 aromatic rings. The summed E-state index contributed by atoms with van der Waals surface area (Å²) in [7, 11) is 0. The predicted octanol–water partition coefficient (Wildman–Crippen LogP) is 4.29. The Balaban J connectivity index is 1.47. The lowest BCUT2D eigenvalue weighted by Gasteiger charge is -2.08. The summed E-state index contributed by atoms with van der Waals surface area (Å²) in [6.07, 6.45) is 0. The standard InChI is InChI=1S/C22H18ClN5O2S/c1-11-12(2)31-22-17(11)18(24)25-19(26-22)13-3-5-14(6-4-13)20(29)27-28-21(30)15-7-9-16(23)10-8-15/h3-10H,1-2H3,(H,27,29)(H,28,30)(H2,24,25,26). The van der Waals surface area contributed by atoms with E-state index in [-0.39, 0.29) is 0 Å². The minimum Gasteiger partial charge on any atom is -0.383 e. The van der Waals surface area contributed by atoms with Gasteiger partial charge in [-0.1, -0.05) is 23.7 Å². The minimum atomic E-state index is -0.450. The number of hydrogen-bond acceptors (Lipinski definition) is 6. The van der Waals surface area contributed by atoms with Crippen molar-refractivity contribution >= 4 is 50.8 Å². The molecule has 0 aliphatic rings. The molecule has 4 rings (SSSR count). The number of aryl methyl sites for hydroxylation is 2. The molecule has 9 heteroatoms. The summed E-state index contributed by atoms with van der Waals surface area (Å²) in [6.45, 7) is 4.03. The van der Waals surface area contributed by atoms with Crippen molar-refractivity contribution in [3.05, 3.63) is 75.1 Å². The fourth-order valence-corrected chi connectivity index (χ4v) is 4.20. The summed E-state index contributed by atoms with van der Waals surface area (Å²) in [5, 5.41) is 1.41. The number of halogens is 1. The number of rotatable bonds is 3. The Bertz CT molecular complexity index is 1300. The normalized spacial score (nSPS) is 10.8. The van der Waals surface area contributed by atoms with Gasteiger partial charge in [0.1, 0.15) is 10.6 Å². The van der Waals surface area contributed by atoms with Gasteiger partial charge in [0.15, 0.2) is 5.82 Å². The lowest BCUT2D eigenvalue weighted by Crippen LogP contribution is -2.41. The lowest BCUT2D eigenvalue weighted by atomic mass is 10.1. The molecule has 2 aromatic carbocycles. The SMILES string of the molecule is Cc1sc2nc(-c3ccc(C(=O)NNC(=O)c4ccc(Cl)cc4)cc3)nc(N)c2c1C. The average Bonchev–Trinajstić information content (AvgIpc) is 3.06. The molecule has 0 fully saturated rings. The molecule has 0 unspecified atom stereocenters. The second kappa shape index (κ2) is 8.33. The van der Waals surface area contributed by atoms with Gasteiger partial charge in [-0.25, -0.2) is 9.97 Å². The Labute approximate surface area is 187 Å². The Morgan fingerprint density at radius 1 is 0.903 bits per heavy atom. The molecule has 7 nitrogen and oxygen atoms in total. The van der Waals surface area contributed by atoms with Gasteiger partial charge in [0.2, 0.25) is 0 Å². The number of hydrogen-bond donors (Lipinski definition) is 3. The molecule has 2 heterocycles. The van der Waals surface area contributed by atoms with Crippen LogP contribution in [-0.2, 0) is 0 Å². The molecule has 2 amide bonds. The van der Waals surface area contributed by atoms with Gasteiger partial charge < -0.3 is 5.73 Å². The van der Waals surface area contributed by atoms with Gasteiger partial charge in [-0.2, -0.15) is 0 Å². The highest BCUT2D eigenvalue weighted by molar-refractivity contribution is 7.18. The number of nitrogens with two attached hydrogens (primary N) is 1. The summed E-state index contributed by atoms with van der Waals surface area (Å²) < 4.78 is 0. The Hall–Kier alpha value is -3.49. The molecular weight excluding hydrogens is 434 g/mol. The van der Waals surface area contributed by atoms with Gasteiger partial charge in [0, 0.05) is 26.6 Å². The first-order valence-corrected chi connectivity index (χ1v) is 10.5. The highest BCUT2D eigenvalue weighted by Gasteiger charge is 2.14. The van der Waals surface area contributed by atoms with Crippen LogP contribution in [0, 0.1) is 13.8 Å². The fourth-order valence-electron chi connectivity index (χ4n) is 3.04. The van der Waals surface area contributed by atoms with E-state index in [9.17, 15) is 9.59 Å². The van der Waals surface area contributed by atoms with E-state index in [0.717, 1.165) is 26.2 Å². The lowest BCUT2D eigenvalue weighted by molar-refractivity contribution is 0.0846. The number of amides is 2. The first-order chi connectivity index (χ1) is 14.8. The van der Waals surface area contributed by atoms with Gasteiger partial charge in [-0.05, 0) is 55.8 Å². The molecule has 0 atom stereocenters. The molecule has 0 aliphatic carbocycles. The van der Waals surface area contributed by atoms with E-state index >= 15 is 0 Å². The molecule has 2 aromatic heterocycles. The number of nitrogens with one attached hydrogen (secondary N) is 2. The van der Waals surface area contributed by atoms with E-state index in [2.05, 4.69) is 20.8 Å². The third-order valence-corrected chi connectivity index (χ3v) is 6.21. The molecule has 0 bridgehead atoms. The van der Waals surface area contributed by atoms with Crippen LogP contribution in [0.3, 0.4) is 0 Å². The van der Waals surface area contributed by atoms with Gasteiger partial charge in [-0.15, -0.1) is 11.3 Å². The number of nitrogens with zero attached hydrogens (tertiary/aromatic N) is 2. The van der Waals surface area contributed by atoms with Crippen LogP contribution in [0.15, 0.2) is 48.5 Å². The zero-order valence-corrected chi connectivity index (χ0v) is 18.3. The summed E-state index contributed by atoms with van der Waals surface area (Å²) in [4.78, 5) is 35.5. The molecule has 0 saturated carbocycles. The van der Waals surface area contributed by atoms with Crippen molar-refractivity contribution in [2.75, 3.05) is 5.73 Å². The topological polar surface area (TPSA) is 110 Å². The first kappa shape index (κ1) is 20.8. The number of anilines is 1. The van der Waals surface area contributed by atoms with Crippen LogP contribution in [-0.4, -0.2) is 21.8 Å². The van der Waals surface area contributed by atoms with Crippen molar-refractivity contribution in [2.24, 2.45) is 0 Å². The maximum Gasteiger partial charge on any atom is 0.269 e. The highest BCUT2D eigenvalue weighted by Crippen LogP contribution is 2.33. The van der Waals surface area contributed by atoms with Crippen molar-refractivity contribution in [1.82, 2.24) is 20.8 Å². The van der Waals surface area contributed by atoms with Crippen LogP contribution in [0.4, 0.5) is 5.82 Å². The molecule has 0 aliphatic heterocycles. The third-order valence-electron chi connectivity index (χ3n) is 4.86. The van der Waals surface area contributed by atoms with Crippen LogP contribution in [0.25, 0.3) is 21.6 Å². The summed E-state index contributed by atoms with van der Waals surface area (Å²) in [5.41, 5.74) is 13.5. The van der Waals surface area contributed by atoms with E-state index in [1.807, 2.05) is 13.8 Å². The Kier molecular flexibility index (Phi) is 5.58. The molecule has 31 heavy (non-hydrogen) atoms. The van der Waals surface area contributed by atoms with Crippen LogP contribution in [0.2, 0.25) is 5.02 Å². The minimum absolute atomic E-state index is 0.372. The van der Waals surface area contributed by atoms with E-state index in [0.29, 0.717) is 27.8 Å². The fraction of sp³-hybridized carbons (Fsp3) is 0.0909. The summed E-state index contributed by atoms with van der Waals surface area (Å²) in [6, 6.07) is 13.1. The molecule has 156 valence electrons. The molecule has 0 radical (unpaired) electrons. The number of hydrazine groups is 1. The van der Waals surface area contributed by atoms with Gasteiger partial charge >= 0.3 is 0 Å². The maximum atomic E-state index is 12.4. The van der Waals surface area contributed by atoms with Crippen molar-refractivity contribution in [3.8, 4) is 11.4 Å². The smallest absolute Gasteiger partial charge is 0.269 e. The number of benzene rings is 2. The first-order valence-electron chi connectivity index (χ1n) is 9.33. The largest absolute Gasteiger partial charge is 0.383 e.